The lowest BCUT2D eigenvalue weighted by Gasteiger charge is -2.08. The molecule has 5 nitrogen and oxygen atoms in total. The van der Waals surface area contributed by atoms with Gasteiger partial charge in [-0.1, -0.05) is 0 Å². The number of nitrogens with one attached hydrogen (secondary N) is 1. The van der Waals surface area contributed by atoms with Gasteiger partial charge in [-0.3, -0.25) is 4.79 Å². The molecule has 0 aliphatic rings. The second-order valence-electron chi connectivity index (χ2n) is 3.43. The van der Waals surface area contributed by atoms with Crippen molar-refractivity contribution in [3.8, 4) is 11.5 Å². The van der Waals surface area contributed by atoms with Gasteiger partial charge in [0.1, 0.15) is 11.5 Å². The predicted molar refractivity (Wildman–Crippen MR) is 63.6 cm³/mol. The van der Waals surface area contributed by atoms with Crippen molar-refractivity contribution in [1.82, 2.24) is 5.32 Å². The Kier molecular flexibility index (Phi) is 5.29. The summed E-state index contributed by atoms with van der Waals surface area (Å²) in [6.07, 6.45) is 0.535. The number of amides is 1. The zero-order valence-electron chi connectivity index (χ0n) is 10.0. The Bertz CT molecular complexity index is 357. The molecule has 0 aromatic heterocycles. The van der Waals surface area contributed by atoms with Crippen molar-refractivity contribution in [2.45, 2.75) is 6.42 Å². The summed E-state index contributed by atoms with van der Waals surface area (Å²) >= 11 is 0. The third-order valence-electron chi connectivity index (χ3n) is 2.23. The van der Waals surface area contributed by atoms with Crippen LogP contribution in [0.15, 0.2) is 18.2 Å². The van der Waals surface area contributed by atoms with Gasteiger partial charge in [-0.05, 0) is 18.6 Å². The maximum atomic E-state index is 11.8. The molecule has 1 aromatic carbocycles. The largest absolute Gasteiger partial charge is 0.497 e. The molecule has 0 atom stereocenters. The van der Waals surface area contributed by atoms with Crippen molar-refractivity contribution in [2.24, 2.45) is 0 Å². The summed E-state index contributed by atoms with van der Waals surface area (Å²) in [7, 11) is 3.06. The smallest absolute Gasteiger partial charge is 0.251 e. The monoisotopic (exact) mass is 239 g/mol. The number of methoxy groups -OCH3 is 2. The van der Waals surface area contributed by atoms with Crippen LogP contribution < -0.4 is 14.8 Å². The van der Waals surface area contributed by atoms with Gasteiger partial charge in [-0.25, -0.2) is 0 Å². The van der Waals surface area contributed by atoms with E-state index in [0.29, 0.717) is 30.0 Å². The van der Waals surface area contributed by atoms with Crippen LogP contribution in [0.4, 0.5) is 0 Å². The molecule has 1 amide bonds. The van der Waals surface area contributed by atoms with Gasteiger partial charge in [0.25, 0.3) is 5.91 Å². The molecule has 0 saturated carbocycles. The third-order valence-corrected chi connectivity index (χ3v) is 2.23. The van der Waals surface area contributed by atoms with Crippen molar-refractivity contribution in [3.63, 3.8) is 0 Å². The highest BCUT2D eigenvalue weighted by Gasteiger charge is 2.08. The van der Waals surface area contributed by atoms with Gasteiger partial charge in [0.05, 0.1) is 14.2 Å². The molecule has 1 rings (SSSR count). The van der Waals surface area contributed by atoms with Crippen molar-refractivity contribution in [3.05, 3.63) is 23.8 Å². The molecule has 0 aliphatic carbocycles. The molecular weight excluding hydrogens is 222 g/mol. The van der Waals surface area contributed by atoms with Crippen molar-refractivity contribution < 1.29 is 19.4 Å². The number of aliphatic hydroxyl groups excluding tert-OH is 1. The van der Waals surface area contributed by atoms with E-state index < -0.39 is 0 Å². The maximum Gasteiger partial charge on any atom is 0.251 e. The minimum atomic E-state index is -0.212. The molecule has 0 spiro atoms. The van der Waals surface area contributed by atoms with E-state index in [2.05, 4.69) is 5.32 Å². The highest BCUT2D eigenvalue weighted by Crippen LogP contribution is 2.22. The first kappa shape index (κ1) is 13.3. The summed E-state index contributed by atoms with van der Waals surface area (Å²) < 4.78 is 10.1. The van der Waals surface area contributed by atoms with E-state index in [4.69, 9.17) is 14.6 Å². The number of aliphatic hydroxyl groups is 1. The highest BCUT2D eigenvalue weighted by molar-refractivity contribution is 5.95. The molecule has 0 unspecified atom stereocenters. The van der Waals surface area contributed by atoms with Crippen LogP contribution in [-0.2, 0) is 0 Å². The minimum Gasteiger partial charge on any atom is -0.497 e. The fourth-order valence-electron chi connectivity index (χ4n) is 1.32. The average Bonchev–Trinajstić information content (AvgIpc) is 2.38. The fourth-order valence-corrected chi connectivity index (χ4v) is 1.32. The summed E-state index contributed by atoms with van der Waals surface area (Å²) in [5, 5.41) is 11.3. The summed E-state index contributed by atoms with van der Waals surface area (Å²) in [4.78, 5) is 11.8. The molecule has 1 aromatic rings. The summed E-state index contributed by atoms with van der Waals surface area (Å²) in [6, 6.07) is 4.97. The van der Waals surface area contributed by atoms with Gasteiger partial charge < -0.3 is 19.9 Å². The maximum absolute atomic E-state index is 11.8. The van der Waals surface area contributed by atoms with Crippen molar-refractivity contribution in [1.29, 1.82) is 0 Å². The standard InChI is InChI=1S/C12H17NO4/c1-16-10-6-9(7-11(8-10)17-2)12(15)13-4-3-5-14/h6-8,14H,3-5H2,1-2H3,(H,13,15). The van der Waals surface area contributed by atoms with Crippen LogP contribution in [0.2, 0.25) is 0 Å². The Labute approximate surface area is 100 Å². The summed E-state index contributed by atoms with van der Waals surface area (Å²) in [5.41, 5.74) is 0.471. The van der Waals surface area contributed by atoms with E-state index in [1.54, 1.807) is 18.2 Å². The molecule has 0 aliphatic heterocycles. The van der Waals surface area contributed by atoms with E-state index in [1.165, 1.54) is 14.2 Å². The lowest BCUT2D eigenvalue weighted by Crippen LogP contribution is -2.25. The van der Waals surface area contributed by atoms with Crippen LogP contribution >= 0.6 is 0 Å². The SMILES string of the molecule is COc1cc(OC)cc(C(=O)NCCCO)c1. The molecule has 0 heterocycles. The van der Waals surface area contributed by atoms with Crippen molar-refractivity contribution in [2.75, 3.05) is 27.4 Å². The summed E-state index contributed by atoms with van der Waals surface area (Å²) in [5.74, 6) is 0.920. The Morgan fingerprint density at radius 3 is 2.29 bits per heavy atom. The van der Waals surface area contributed by atoms with Gasteiger partial charge in [-0.2, -0.15) is 0 Å². The molecule has 0 saturated heterocycles. The van der Waals surface area contributed by atoms with Gasteiger partial charge in [0.15, 0.2) is 0 Å². The highest BCUT2D eigenvalue weighted by atomic mass is 16.5. The summed E-state index contributed by atoms with van der Waals surface area (Å²) in [6.45, 7) is 0.497. The lowest BCUT2D eigenvalue weighted by molar-refractivity contribution is 0.0950. The minimum absolute atomic E-state index is 0.0573. The quantitative estimate of drug-likeness (QED) is 0.721. The average molecular weight is 239 g/mol. The number of carbonyl (C=O) groups excluding carboxylic acids is 1. The van der Waals surface area contributed by atoms with Crippen molar-refractivity contribution >= 4 is 5.91 Å². The van der Waals surface area contributed by atoms with Gasteiger partial charge in [0, 0.05) is 24.8 Å². The normalized spacial score (nSPS) is 9.82. The molecule has 0 bridgehead atoms. The van der Waals surface area contributed by atoms with Gasteiger partial charge >= 0.3 is 0 Å². The second kappa shape index (κ2) is 6.75. The molecule has 5 heteroatoms. The van der Waals surface area contributed by atoms with Crippen LogP contribution in [0, 0.1) is 0 Å². The van der Waals surface area contributed by atoms with E-state index in [1.807, 2.05) is 0 Å². The molecule has 0 radical (unpaired) electrons. The first-order valence-electron chi connectivity index (χ1n) is 5.33. The zero-order valence-corrected chi connectivity index (χ0v) is 10.0. The van der Waals surface area contributed by atoms with Crippen LogP contribution in [0.25, 0.3) is 0 Å². The first-order valence-corrected chi connectivity index (χ1v) is 5.33. The number of hydrogen-bond acceptors (Lipinski definition) is 4. The number of hydrogen-bond donors (Lipinski definition) is 2. The third kappa shape index (κ3) is 3.96. The number of carbonyl (C=O) groups is 1. The van der Waals surface area contributed by atoms with Crippen LogP contribution in [0.3, 0.4) is 0 Å². The Morgan fingerprint density at radius 2 is 1.82 bits per heavy atom. The lowest BCUT2D eigenvalue weighted by atomic mass is 10.2. The van der Waals surface area contributed by atoms with E-state index in [-0.39, 0.29) is 12.5 Å². The topological polar surface area (TPSA) is 67.8 Å². The zero-order chi connectivity index (χ0) is 12.7. The van der Waals surface area contributed by atoms with Gasteiger partial charge in [-0.15, -0.1) is 0 Å². The van der Waals surface area contributed by atoms with E-state index in [9.17, 15) is 4.79 Å². The second-order valence-corrected chi connectivity index (χ2v) is 3.43. The van der Waals surface area contributed by atoms with E-state index >= 15 is 0 Å². The van der Waals surface area contributed by atoms with E-state index in [0.717, 1.165) is 0 Å². The molecule has 94 valence electrons. The number of ether oxygens (including phenoxy) is 2. The van der Waals surface area contributed by atoms with Crippen LogP contribution in [0.5, 0.6) is 11.5 Å². The fraction of sp³-hybridized carbons (Fsp3) is 0.417. The van der Waals surface area contributed by atoms with Crippen LogP contribution in [0.1, 0.15) is 16.8 Å². The Hall–Kier alpha value is -1.75. The Morgan fingerprint density at radius 1 is 1.24 bits per heavy atom. The molecule has 2 N–H and O–H groups in total. The molecular formula is C12H17NO4. The Balaban J connectivity index is 2.77. The predicted octanol–water partition coefficient (Wildman–Crippen LogP) is 0.816. The van der Waals surface area contributed by atoms with Crippen LogP contribution in [-0.4, -0.2) is 38.4 Å². The van der Waals surface area contributed by atoms with Gasteiger partial charge in [0.2, 0.25) is 0 Å². The first-order chi connectivity index (χ1) is 8.21. The molecule has 17 heavy (non-hydrogen) atoms. The number of rotatable bonds is 6. The molecule has 0 fully saturated rings. The number of benzene rings is 1.